The fourth-order valence-corrected chi connectivity index (χ4v) is 2.53. The Bertz CT molecular complexity index is 515. The third-order valence-electron chi connectivity index (χ3n) is 3.35. The monoisotopic (exact) mass is 300 g/mol. The summed E-state index contributed by atoms with van der Waals surface area (Å²) in [4.78, 5) is 14.4. The smallest absolute Gasteiger partial charge is 0.253 e. The van der Waals surface area contributed by atoms with E-state index >= 15 is 0 Å². The first-order valence-electron chi connectivity index (χ1n) is 6.02. The Kier molecular flexibility index (Phi) is 4.37. The van der Waals surface area contributed by atoms with E-state index in [1.54, 1.807) is 4.90 Å². The van der Waals surface area contributed by atoms with E-state index in [-0.39, 0.29) is 16.8 Å². The summed E-state index contributed by atoms with van der Waals surface area (Å²) in [6.45, 7) is 1.18. The number of carbonyl (C=O) groups excluding carboxylic acids is 1. The summed E-state index contributed by atoms with van der Waals surface area (Å²) in [6.07, 6.45) is 1.52. The topological polar surface area (TPSA) is 46.3 Å². The van der Waals surface area contributed by atoms with Crippen molar-refractivity contribution in [3.8, 4) is 0 Å². The molecule has 0 aromatic heterocycles. The van der Waals surface area contributed by atoms with Gasteiger partial charge in [0.1, 0.15) is 5.82 Å². The SMILES string of the molecule is NC(=S)C1CCN(C(=O)c2ccc(Cl)c(F)c2)CC1. The zero-order chi connectivity index (χ0) is 14.0. The molecule has 1 aromatic carbocycles. The predicted molar refractivity (Wildman–Crippen MR) is 76.8 cm³/mol. The zero-order valence-corrected chi connectivity index (χ0v) is 11.8. The first kappa shape index (κ1) is 14.2. The molecule has 19 heavy (non-hydrogen) atoms. The summed E-state index contributed by atoms with van der Waals surface area (Å²) < 4.78 is 13.3. The van der Waals surface area contributed by atoms with Gasteiger partial charge in [0.25, 0.3) is 5.91 Å². The molecule has 0 atom stereocenters. The van der Waals surface area contributed by atoms with Gasteiger partial charge in [-0.25, -0.2) is 4.39 Å². The normalized spacial score (nSPS) is 16.4. The first-order chi connectivity index (χ1) is 8.99. The molecule has 0 aliphatic carbocycles. The van der Waals surface area contributed by atoms with E-state index < -0.39 is 5.82 Å². The van der Waals surface area contributed by atoms with Crippen LogP contribution in [0.3, 0.4) is 0 Å². The zero-order valence-electron chi connectivity index (χ0n) is 10.2. The number of nitrogens with two attached hydrogens (primary N) is 1. The van der Waals surface area contributed by atoms with E-state index in [1.807, 2.05) is 0 Å². The molecule has 2 rings (SSSR count). The summed E-state index contributed by atoms with van der Waals surface area (Å²) >= 11 is 10.6. The molecule has 1 aromatic rings. The predicted octanol–water partition coefficient (Wildman–Crippen LogP) is 2.62. The van der Waals surface area contributed by atoms with Crippen molar-refractivity contribution in [2.75, 3.05) is 13.1 Å². The van der Waals surface area contributed by atoms with Gasteiger partial charge in [-0.3, -0.25) is 4.79 Å². The van der Waals surface area contributed by atoms with Crippen molar-refractivity contribution in [1.82, 2.24) is 4.90 Å². The Balaban J connectivity index is 2.05. The maximum Gasteiger partial charge on any atom is 0.253 e. The molecule has 0 saturated carbocycles. The molecular formula is C13H14ClFN2OS. The van der Waals surface area contributed by atoms with Gasteiger partial charge in [0.05, 0.1) is 10.0 Å². The highest BCUT2D eigenvalue weighted by Crippen LogP contribution is 2.21. The second-order valence-electron chi connectivity index (χ2n) is 4.60. The summed E-state index contributed by atoms with van der Waals surface area (Å²) in [5, 5.41) is 0.0174. The highest BCUT2D eigenvalue weighted by Gasteiger charge is 2.25. The van der Waals surface area contributed by atoms with Crippen LogP contribution in [0, 0.1) is 11.7 Å². The number of nitrogens with zero attached hydrogens (tertiary/aromatic N) is 1. The first-order valence-corrected chi connectivity index (χ1v) is 6.81. The number of rotatable bonds is 2. The van der Waals surface area contributed by atoms with Gasteiger partial charge in [-0.15, -0.1) is 0 Å². The van der Waals surface area contributed by atoms with Crippen LogP contribution < -0.4 is 5.73 Å². The van der Waals surface area contributed by atoms with Gasteiger partial charge in [0.15, 0.2) is 0 Å². The number of likely N-dealkylation sites (tertiary alicyclic amines) is 1. The Morgan fingerprint density at radius 3 is 2.58 bits per heavy atom. The molecule has 1 aliphatic heterocycles. The third-order valence-corrected chi connectivity index (χ3v) is 3.99. The van der Waals surface area contributed by atoms with Crippen LogP contribution in [0.2, 0.25) is 5.02 Å². The molecule has 1 fully saturated rings. The second-order valence-corrected chi connectivity index (χ2v) is 5.48. The fourth-order valence-electron chi connectivity index (χ4n) is 2.18. The number of amides is 1. The lowest BCUT2D eigenvalue weighted by atomic mass is 9.96. The van der Waals surface area contributed by atoms with Gasteiger partial charge >= 0.3 is 0 Å². The molecule has 6 heteroatoms. The summed E-state index contributed by atoms with van der Waals surface area (Å²) in [5.74, 6) is -0.566. The highest BCUT2D eigenvalue weighted by atomic mass is 35.5. The molecule has 3 nitrogen and oxygen atoms in total. The highest BCUT2D eigenvalue weighted by molar-refractivity contribution is 7.80. The second kappa shape index (κ2) is 5.84. The van der Waals surface area contributed by atoms with Crippen molar-refractivity contribution in [2.24, 2.45) is 11.7 Å². The van der Waals surface area contributed by atoms with E-state index in [0.717, 1.165) is 12.8 Å². The maximum atomic E-state index is 13.3. The number of hydrogen-bond acceptors (Lipinski definition) is 2. The van der Waals surface area contributed by atoms with Crippen LogP contribution in [0.25, 0.3) is 0 Å². The van der Waals surface area contributed by atoms with Crippen molar-refractivity contribution in [1.29, 1.82) is 0 Å². The summed E-state index contributed by atoms with van der Waals surface area (Å²) in [5.41, 5.74) is 5.92. The van der Waals surface area contributed by atoms with Crippen molar-refractivity contribution in [3.63, 3.8) is 0 Å². The van der Waals surface area contributed by atoms with Crippen molar-refractivity contribution < 1.29 is 9.18 Å². The van der Waals surface area contributed by atoms with Crippen molar-refractivity contribution >= 4 is 34.7 Å². The Morgan fingerprint density at radius 2 is 2.05 bits per heavy atom. The van der Waals surface area contributed by atoms with Crippen LogP contribution in [0.1, 0.15) is 23.2 Å². The van der Waals surface area contributed by atoms with Crippen molar-refractivity contribution in [2.45, 2.75) is 12.8 Å². The lowest BCUT2D eigenvalue weighted by Crippen LogP contribution is -2.41. The minimum atomic E-state index is -0.578. The van der Waals surface area contributed by atoms with Gasteiger partial charge in [-0.2, -0.15) is 0 Å². The minimum absolute atomic E-state index is 0.0174. The largest absolute Gasteiger partial charge is 0.393 e. The summed E-state index contributed by atoms with van der Waals surface area (Å²) in [6, 6.07) is 4.10. The van der Waals surface area contributed by atoms with Gasteiger partial charge < -0.3 is 10.6 Å². The Hall–Kier alpha value is -1.20. The lowest BCUT2D eigenvalue weighted by molar-refractivity contribution is 0.0710. The average Bonchev–Trinajstić information content (AvgIpc) is 2.41. The number of thiocarbonyl (C=S) groups is 1. The van der Waals surface area contributed by atoms with Gasteiger partial charge in [0, 0.05) is 24.6 Å². The number of halogens is 2. The van der Waals surface area contributed by atoms with Gasteiger partial charge in [0.2, 0.25) is 0 Å². The van der Waals surface area contributed by atoms with E-state index in [9.17, 15) is 9.18 Å². The molecule has 0 radical (unpaired) electrons. The number of piperidine rings is 1. The fraction of sp³-hybridized carbons (Fsp3) is 0.385. The third kappa shape index (κ3) is 3.22. The van der Waals surface area contributed by atoms with Crippen LogP contribution in [-0.4, -0.2) is 28.9 Å². The molecular weight excluding hydrogens is 287 g/mol. The average molecular weight is 301 g/mol. The van der Waals surface area contributed by atoms with Crippen LogP contribution in [0.5, 0.6) is 0 Å². The molecule has 102 valence electrons. The molecule has 1 heterocycles. The lowest BCUT2D eigenvalue weighted by Gasteiger charge is -2.31. The number of hydrogen-bond donors (Lipinski definition) is 1. The number of benzene rings is 1. The maximum absolute atomic E-state index is 13.3. The van der Waals surface area contributed by atoms with Crippen molar-refractivity contribution in [3.05, 3.63) is 34.6 Å². The molecule has 0 unspecified atom stereocenters. The van der Waals surface area contributed by atoms with Crippen LogP contribution in [0.15, 0.2) is 18.2 Å². The van der Waals surface area contributed by atoms with Crippen LogP contribution in [-0.2, 0) is 0 Å². The molecule has 0 bridgehead atoms. The summed E-state index contributed by atoms with van der Waals surface area (Å²) in [7, 11) is 0. The Labute approximate surface area is 121 Å². The van der Waals surface area contributed by atoms with Crippen LogP contribution in [0.4, 0.5) is 4.39 Å². The quantitative estimate of drug-likeness (QED) is 0.854. The van der Waals surface area contributed by atoms with E-state index in [0.29, 0.717) is 23.6 Å². The van der Waals surface area contributed by atoms with Crippen LogP contribution >= 0.6 is 23.8 Å². The Morgan fingerprint density at radius 1 is 1.42 bits per heavy atom. The molecule has 2 N–H and O–H groups in total. The van der Waals surface area contributed by atoms with E-state index in [4.69, 9.17) is 29.6 Å². The minimum Gasteiger partial charge on any atom is -0.393 e. The molecule has 1 saturated heterocycles. The molecule has 1 amide bonds. The van der Waals surface area contributed by atoms with Gasteiger partial charge in [-0.1, -0.05) is 23.8 Å². The van der Waals surface area contributed by atoms with E-state index in [1.165, 1.54) is 18.2 Å². The van der Waals surface area contributed by atoms with Gasteiger partial charge in [-0.05, 0) is 31.0 Å². The number of carbonyl (C=O) groups is 1. The van der Waals surface area contributed by atoms with E-state index in [2.05, 4.69) is 0 Å². The molecule has 1 aliphatic rings. The molecule has 0 spiro atoms. The standard InChI is InChI=1S/C13H14ClFN2OS/c14-10-2-1-9(7-11(10)15)13(18)17-5-3-8(4-6-17)12(16)19/h1-2,7-8H,3-6H2,(H2,16,19).